The minimum atomic E-state index is -0.542. The Kier molecular flexibility index (Phi) is 4.50. The topological polar surface area (TPSA) is 75.0 Å². The van der Waals surface area contributed by atoms with Crippen molar-refractivity contribution in [1.82, 2.24) is 9.97 Å². The highest BCUT2D eigenvalue weighted by molar-refractivity contribution is 8.00. The van der Waals surface area contributed by atoms with Crippen LogP contribution >= 0.6 is 11.8 Å². The highest BCUT2D eigenvalue weighted by Crippen LogP contribution is 2.27. The number of rotatable bonds is 5. The van der Waals surface area contributed by atoms with Gasteiger partial charge in [-0.3, -0.25) is 9.59 Å². The van der Waals surface area contributed by atoms with Crippen molar-refractivity contribution in [2.75, 3.05) is 5.75 Å². The van der Waals surface area contributed by atoms with Gasteiger partial charge in [-0.05, 0) is 17.7 Å². The van der Waals surface area contributed by atoms with Crippen LogP contribution in [-0.4, -0.2) is 27.7 Å². The van der Waals surface area contributed by atoms with Gasteiger partial charge in [0.15, 0.2) is 0 Å². The molecule has 0 atom stereocenters. The largest absolute Gasteiger partial charge is 0.392 e. The van der Waals surface area contributed by atoms with E-state index in [1.165, 1.54) is 11.8 Å². The molecule has 2 aromatic heterocycles. The van der Waals surface area contributed by atoms with E-state index in [0.717, 1.165) is 32.3 Å². The molecule has 0 unspecified atom stereocenters. The summed E-state index contributed by atoms with van der Waals surface area (Å²) < 4.78 is 4.96. The van der Waals surface area contributed by atoms with E-state index in [1.807, 2.05) is 54.7 Å². The van der Waals surface area contributed by atoms with Crippen LogP contribution in [0.15, 0.2) is 65.8 Å². The maximum absolute atomic E-state index is 12.1. The predicted octanol–water partition coefficient (Wildman–Crippen LogP) is 4.05. The lowest BCUT2D eigenvalue weighted by atomic mass is 10.1. The Morgan fingerprint density at radius 2 is 1.50 bits per heavy atom. The van der Waals surface area contributed by atoms with Crippen LogP contribution in [0, 0.1) is 0 Å². The fraction of sp³-hybridized carbons (Fsp3) is 0.100. The smallest absolute Gasteiger partial charge is 0.323 e. The summed E-state index contributed by atoms with van der Waals surface area (Å²) >= 11 is 1.35. The number of carbonyl (C=O) groups is 2. The van der Waals surface area contributed by atoms with Crippen molar-refractivity contribution in [2.45, 2.75) is 11.3 Å². The summed E-state index contributed by atoms with van der Waals surface area (Å²) in [5.41, 5.74) is 2.79. The lowest BCUT2D eigenvalue weighted by molar-refractivity contribution is -0.157. The van der Waals surface area contributed by atoms with E-state index in [0.29, 0.717) is 0 Å². The normalized spacial score (nSPS) is 11.1. The van der Waals surface area contributed by atoms with E-state index in [1.54, 1.807) is 6.20 Å². The molecule has 130 valence electrons. The second kappa shape index (κ2) is 7.09. The molecule has 0 saturated heterocycles. The first-order valence-electron chi connectivity index (χ1n) is 8.18. The van der Waals surface area contributed by atoms with Gasteiger partial charge >= 0.3 is 11.9 Å². The number of aromatic amines is 2. The van der Waals surface area contributed by atoms with E-state index in [-0.39, 0.29) is 12.2 Å². The van der Waals surface area contributed by atoms with Gasteiger partial charge in [-0.1, -0.05) is 36.4 Å². The summed E-state index contributed by atoms with van der Waals surface area (Å²) in [6, 6.07) is 15.6. The van der Waals surface area contributed by atoms with Gasteiger partial charge in [0.05, 0.1) is 12.2 Å². The molecule has 2 aromatic carbocycles. The quantitative estimate of drug-likeness (QED) is 0.318. The second-order valence-corrected chi connectivity index (χ2v) is 6.89. The van der Waals surface area contributed by atoms with Gasteiger partial charge < -0.3 is 14.7 Å². The van der Waals surface area contributed by atoms with E-state index < -0.39 is 11.9 Å². The molecule has 2 N–H and O–H groups in total. The number of fused-ring (bicyclic) bond motifs is 2. The molecular weight excluding hydrogens is 348 g/mol. The standard InChI is InChI=1S/C20H16N2O3S/c23-19(9-13-10-21-16-7-3-1-5-14(13)16)25-20(24)12-26-18-11-22-17-8-4-2-6-15(17)18/h1-8,10-11,21-22H,9,12H2. The monoisotopic (exact) mass is 364 g/mol. The molecule has 26 heavy (non-hydrogen) atoms. The Hall–Kier alpha value is -2.99. The van der Waals surface area contributed by atoms with Gasteiger partial charge in [0.2, 0.25) is 0 Å². The van der Waals surface area contributed by atoms with E-state index >= 15 is 0 Å². The highest BCUT2D eigenvalue weighted by Gasteiger charge is 2.15. The van der Waals surface area contributed by atoms with E-state index in [4.69, 9.17) is 4.74 Å². The van der Waals surface area contributed by atoms with E-state index in [2.05, 4.69) is 9.97 Å². The van der Waals surface area contributed by atoms with Gasteiger partial charge in [-0.25, -0.2) is 0 Å². The van der Waals surface area contributed by atoms with Crippen molar-refractivity contribution in [3.8, 4) is 0 Å². The number of hydrogen-bond donors (Lipinski definition) is 2. The molecule has 0 aliphatic carbocycles. The molecule has 2 heterocycles. The minimum Gasteiger partial charge on any atom is -0.392 e. The zero-order valence-corrected chi connectivity index (χ0v) is 14.6. The number of para-hydroxylation sites is 2. The van der Waals surface area contributed by atoms with E-state index in [9.17, 15) is 9.59 Å². The first kappa shape index (κ1) is 16.5. The third kappa shape index (κ3) is 3.36. The third-order valence-corrected chi connectivity index (χ3v) is 5.16. The summed E-state index contributed by atoms with van der Waals surface area (Å²) in [5.74, 6) is -0.994. The van der Waals surface area contributed by atoms with Crippen molar-refractivity contribution in [3.63, 3.8) is 0 Å². The molecule has 6 heteroatoms. The van der Waals surface area contributed by atoms with Crippen molar-refractivity contribution in [1.29, 1.82) is 0 Å². The molecule has 0 spiro atoms. The Balaban J connectivity index is 1.35. The van der Waals surface area contributed by atoms with Gasteiger partial charge in [0.1, 0.15) is 0 Å². The summed E-state index contributed by atoms with van der Waals surface area (Å²) in [5, 5.41) is 2.01. The van der Waals surface area contributed by atoms with Crippen LogP contribution in [0.1, 0.15) is 5.56 Å². The number of H-pyrrole nitrogens is 2. The molecule has 0 aliphatic heterocycles. The first-order chi connectivity index (χ1) is 12.7. The fourth-order valence-electron chi connectivity index (χ4n) is 2.93. The number of aromatic nitrogens is 2. The van der Waals surface area contributed by atoms with Crippen LogP contribution in [0.3, 0.4) is 0 Å². The van der Waals surface area contributed by atoms with Crippen LogP contribution in [0.4, 0.5) is 0 Å². The van der Waals surface area contributed by atoms with Crippen molar-refractivity contribution in [2.24, 2.45) is 0 Å². The number of esters is 2. The number of hydrogen-bond acceptors (Lipinski definition) is 4. The summed E-state index contributed by atoms with van der Waals surface area (Å²) in [4.78, 5) is 31.3. The molecule has 5 nitrogen and oxygen atoms in total. The van der Waals surface area contributed by atoms with Crippen LogP contribution in [0.25, 0.3) is 21.8 Å². The second-order valence-electron chi connectivity index (χ2n) is 5.87. The average molecular weight is 364 g/mol. The SMILES string of the molecule is O=C(CSc1c[nH]c2ccccc12)OC(=O)Cc1c[nH]c2ccccc12. The lowest BCUT2D eigenvalue weighted by Crippen LogP contribution is -2.15. The van der Waals surface area contributed by atoms with Crippen molar-refractivity contribution in [3.05, 3.63) is 66.5 Å². The van der Waals surface area contributed by atoms with Crippen molar-refractivity contribution >= 4 is 45.5 Å². The Morgan fingerprint density at radius 3 is 2.31 bits per heavy atom. The number of carbonyl (C=O) groups excluding carboxylic acids is 2. The van der Waals surface area contributed by atoms with Crippen molar-refractivity contribution < 1.29 is 14.3 Å². The van der Waals surface area contributed by atoms with Crippen LogP contribution in [-0.2, 0) is 20.7 Å². The van der Waals surface area contributed by atoms with Gasteiger partial charge in [-0.2, -0.15) is 0 Å². The van der Waals surface area contributed by atoms with Crippen LogP contribution in [0.5, 0.6) is 0 Å². The summed E-state index contributed by atoms with van der Waals surface area (Å²) in [7, 11) is 0. The fourth-order valence-corrected chi connectivity index (χ4v) is 3.73. The van der Waals surface area contributed by atoms with Crippen LogP contribution in [0.2, 0.25) is 0 Å². The Labute approximate surface area is 153 Å². The third-order valence-electron chi connectivity index (χ3n) is 4.13. The maximum Gasteiger partial charge on any atom is 0.323 e. The van der Waals surface area contributed by atoms with Crippen LogP contribution < -0.4 is 0 Å². The number of ether oxygens (including phenoxy) is 1. The minimum absolute atomic E-state index is 0.0630. The number of thioether (sulfide) groups is 1. The zero-order valence-electron chi connectivity index (χ0n) is 13.8. The lowest BCUT2D eigenvalue weighted by Gasteiger charge is -2.03. The van der Waals surface area contributed by atoms with Gasteiger partial charge in [0, 0.05) is 39.1 Å². The number of nitrogens with one attached hydrogen (secondary N) is 2. The molecule has 0 fully saturated rings. The van der Waals surface area contributed by atoms with Gasteiger partial charge in [0.25, 0.3) is 0 Å². The Morgan fingerprint density at radius 1 is 0.846 bits per heavy atom. The Bertz CT molecular complexity index is 1100. The first-order valence-corrected chi connectivity index (χ1v) is 9.16. The zero-order chi connectivity index (χ0) is 17.9. The predicted molar refractivity (Wildman–Crippen MR) is 102 cm³/mol. The van der Waals surface area contributed by atoms with Gasteiger partial charge in [-0.15, -0.1) is 11.8 Å². The maximum atomic E-state index is 12.1. The molecule has 0 aliphatic rings. The number of benzene rings is 2. The molecular formula is C20H16N2O3S. The average Bonchev–Trinajstić information content (AvgIpc) is 3.24. The molecule has 0 radical (unpaired) electrons. The highest BCUT2D eigenvalue weighted by atomic mass is 32.2. The molecule has 4 rings (SSSR count). The molecule has 4 aromatic rings. The summed E-state index contributed by atoms with van der Waals surface area (Å²) in [6.07, 6.45) is 3.70. The molecule has 0 bridgehead atoms. The summed E-state index contributed by atoms with van der Waals surface area (Å²) in [6.45, 7) is 0. The molecule has 0 amide bonds. The molecule has 0 saturated carbocycles.